The molecule has 0 spiro atoms. The fraction of sp³-hybridized carbons (Fsp3) is 0.143. The van der Waals surface area contributed by atoms with Gasteiger partial charge in [0.2, 0.25) is 3.79 Å². The third kappa shape index (κ3) is 3.55. The molecule has 0 saturated heterocycles. The third-order valence-corrected chi connectivity index (χ3v) is 2.99. The lowest BCUT2D eigenvalue weighted by Crippen LogP contribution is -2.22. The molecule has 94 valence electrons. The van der Waals surface area contributed by atoms with E-state index in [-0.39, 0.29) is 0 Å². The molecule has 0 aromatic heterocycles. The molecule has 0 N–H and O–H groups in total. The minimum atomic E-state index is -1.53. The van der Waals surface area contributed by atoms with Crippen molar-refractivity contribution in [2.24, 2.45) is 0 Å². The van der Waals surface area contributed by atoms with Crippen molar-refractivity contribution in [1.82, 2.24) is 0 Å². The van der Waals surface area contributed by atoms with Gasteiger partial charge in [0.25, 0.3) is 0 Å². The Morgan fingerprint density at radius 3 is 1.78 bits per heavy atom. The van der Waals surface area contributed by atoms with Gasteiger partial charge in [0.15, 0.2) is 6.10 Å². The number of hydrogen-bond acceptors (Lipinski definition) is 1. The summed E-state index contributed by atoms with van der Waals surface area (Å²) < 4.78 is 4.24. The van der Waals surface area contributed by atoms with E-state index in [1.807, 2.05) is 60.7 Å². The van der Waals surface area contributed by atoms with Crippen LogP contribution < -0.4 is 4.74 Å². The first-order chi connectivity index (χ1) is 8.57. The van der Waals surface area contributed by atoms with Crippen molar-refractivity contribution in [3.8, 4) is 5.75 Å². The fourth-order valence-electron chi connectivity index (χ4n) is 1.59. The predicted molar refractivity (Wildman–Crippen MR) is 76.5 cm³/mol. The van der Waals surface area contributed by atoms with Crippen molar-refractivity contribution in [2.75, 3.05) is 0 Å². The van der Waals surface area contributed by atoms with Crippen LogP contribution in [0.2, 0.25) is 0 Å². The number of alkyl halides is 3. The quantitative estimate of drug-likeness (QED) is 0.710. The largest absolute Gasteiger partial charge is 0.481 e. The SMILES string of the molecule is ClC(Cl)(Cl)C(Oc1ccccc1)c1ccccc1. The van der Waals surface area contributed by atoms with Gasteiger partial charge < -0.3 is 4.74 Å². The molecule has 0 saturated carbocycles. The van der Waals surface area contributed by atoms with Crippen LogP contribution in [0.3, 0.4) is 0 Å². The summed E-state index contributed by atoms with van der Waals surface area (Å²) >= 11 is 18.0. The second-order valence-corrected chi connectivity index (χ2v) is 6.13. The van der Waals surface area contributed by atoms with Crippen molar-refractivity contribution < 1.29 is 4.74 Å². The topological polar surface area (TPSA) is 9.23 Å². The van der Waals surface area contributed by atoms with Crippen LogP contribution in [0.25, 0.3) is 0 Å². The maximum Gasteiger partial charge on any atom is 0.230 e. The molecule has 2 aromatic carbocycles. The Hall–Kier alpha value is -0.890. The smallest absolute Gasteiger partial charge is 0.230 e. The molecule has 0 fully saturated rings. The molecule has 0 bridgehead atoms. The number of halogens is 3. The number of rotatable bonds is 3. The molecular weight excluding hydrogens is 291 g/mol. The maximum absolute atomic E-state index is 5.99. The zero-order valence-electron chi connectivity index (χ0n) is 9.39. The Morgan fingerprint density at radius 1 is 0.778 bits per heavy atom. The lowest BCUT2D eigenvalue weighted by atomic mass is 10.1. The van der Waals surface area contributed by atoms with Crippen LogP contribution >= 0.6 is 34.8 Å². The normalized spacial score (nSPS) is 13.1. The third-order valence-electron chi connectivity index (χ3n) is 2.40. The van der Waals surface area contributed by atoms with E-state index in [1.54, 1.807) is 0 Å². The van der Waals surface area contributed by atoms with Gasteiger partial charge >= 0.3 is 0 Å². The number of benzene rings is 2. The Bertz CT molecular complexity index is 479. The van der Waals surface area contributed by atoms with E-state index in [0.29, 0.717) is 5.75 Å². The van der Waals surface area contributed by atoms with Crippen LogP contribution in [0.5, 0.6) is 5.75 Å². The lowest BCUT2D eigenvalue weighted by molar-refractivity contribution is 0.210. The van der Waals surface area contributed by atoms with Crippen LogP contribution in [-0.4, -0.2) is 3.79 Å². The highest BCUT2D eigenvalue weighted by Gasteiger charge is 2.35. The van der Waals surface area contributed by atoms with Gasteiger partial charge in [0.1, 0.15) is 5.75 Å². The first-order valence-electron chi connectivity index (χ1n) is 5.41. The minimum Gasteiger partial charge on any atom is -0.481 e. The van der Waals surface area contributed by atoms with Crippen LogP contribution in [0, 0.1) is 0 Å². The van der Waals surface area contributed by atoms with Crippen LogP contribution in [0.15, 0.2) is 60.7 Å². The Balaban J connectivity index is 2.28. The van der Waals surface area contributed by atoms with Gasteiger partial charge in [0.05, 0.1) is 0 Å². The molecule has 0 radical (unpaired) electrons. The molecule has 1 atom stereocenters. The first-order valence-corrected chi connectivity index (χ1v) is 6.54. The highest BCUT2D eigenvalue weighted by atomic mass is 35.6. The molecular formula is C14H11Cl3O. The monoisotopic (exact) mass is 300 g/mol. The molecule has 0 amide bonds. The van der Waals surface area contributed by atoms with Crippen molar-refractivity contribution in [3.63, 3.8) is 0 Å². The standard InChI is InChI=1S/C14H11Cl3O/c15-14(16,17)13(11-7-3-1-4-8-11)18-12-9-5-2-6-10-12/h1-10,13H. The zero-order chi connectivity index (χ0) is 13.0. The second kappa shape index (κ2) is 5.83. The van der Waals surface area contributed by atoms with Gasteiger partial charge in [-0.1, -0.05) is 83.3 Å². The van der Waals surface area contributed by atoms with Crippen molar-refractivity contribution in [1.29, 1.82) is 0 Å². The number of para-hydroxylation sites is 1. The van der Waals surface area contributed by atoms with E-state index < -0.39 is 9.90 Å². The summed E-state index contributed by atoms with van der Waals surface area (Å²) in [4.78, 5) is 0. The summed E-state index contributed by atoms with van der Waals surface area (Å²) in [6.45, 7) is 0. The predicted octanol–water partition coefficient (Wildman–Crippen LogP) is 5.18. The number of ether oxygens (including phenoxy) is 1. The molecule has 0 aliphatic carbocycles. The Kier molecular flexibility index (Phi) is 4.39. The van der Waals surface area contributed by atoms with Crippen LogP contribution in [0.1, 0.15) is 11.7 Å². The van der Waals surface area contributed by atoms with Crippen molar-refractivity contribution in [3.05, 3.63) is 66.2 Å². The van der Waals surface area contributed by atoms with Gasteiger partial charge in [-0.25, -0.2) is 0 Å². The van der Waals surface area contributed by atoms with Gasteiger partial charge in [-0.15, -0.1) is 0 Å². The Morgan fingerprint density at radius 2 is 1.28 bits per heavy atom. The zero-order valence-corrected chi connectivity index (χ0v) is 11.7. The number of hydrogen-bond donors (Lipinski definition) is 0. The summed E-state index contributed by atoms with van der Waals surface area (Å²) in [6.07, 6.45) is -0.647. The van der Waals surface area contributed by atoms with Crippen molar-refractivity contribution in [2.45, 2.75) is 9.90 Å². The lowest BCUT2D eigenvalue weighted by Gasteiger charge is -2.25. The molecule has 4 heteroatoms. The average molecular weight is 302 g/mol. The fourth-order valence-corrected chi connectivity index (χ4v) is 2.10. The summed E-state index contributed by atoms with van der Waals surface area (Å²) in [5.74, 6) is 0.665. The molecule has 2 aromatic rings. The van der Waals surface area contributed by atoms with E-state index in [0.717, 1.165) is 5.56 Å². The second-order valence-electron chi connectivity index (χ2n) is 3.76. The average Bonchev–Trinajstić information content (AvgIpc) is 2.37. The molecule has 2 rings (SSSR count). The van der Waals surface area contributed by atoms with Crippen molar-refractivity contribution >= 4 is 34.8 Å². The summed E-state index contributed by atoms with van der Waals surface area (Å²) in [5.41, 5.74) is 0.821. The Labute approximate surface area is 121 Å². The highest BCUT2D eigenvalue weighted by molar-refractivity contribution is 6.68. The first kappa shape index (κ1) is 13.5. The minimum absolute atomic E-state index is 0.647. The van der Waals surface area contributed by atoms with Crippen LogP contribution in [-0.2, 0) is 0 Å². The van der Waals surface area contributed by atoms with E-state index in [4.69, 9.17) is 39.5 Å². The molecule has 18 heavy (non-hydrogen) atoms. The van der Waals surface area contributed by atoms with E-state index >= 15 is 0 Å². The molecule has 1 nitrogen and oxygen atoms in total. The van der Waals surface area contributed by atoms with E-state index in [2.05, 4.69) is 0 Å². The van der Waals surface area contributed by atoms with E-state index in [9.17, 15) is 0 Å². The molecule has 0 aliphatic heterocycles. The summed E-state index contributed by atoms with van der Waals surface area (Å²) in [6, 6.07) is 18.7. The van der Waals surface area contributed by atoms with Gasteiger partial charge in [0, 0.05) is 0 Å². The molecule has 0 heterocycles. The van der Waals surface area contributed by atoms with Gasteiger partial charge in [-0.2, -0.15) is 0 Å². The molecule has 1 unspecified atom stereocenters. The van der Waals surface area contributed by atoms with Gasteiger partial charge in [-0.05, 0) is 17.7 Å². The maximum atomic E-state index is 5.99. The highest BCUT2D eigenvalue weighted by Crippen LogP contribution is 2.42. The molecule has 0 aliphatic rings. The van der Waals surface area contributed by atoms with Crippen LogP contribution in [0.4, 0.5) is 0 Å². The van der Waals surface area contributed by atoms with E-state index in [1.165, 1.54) is 0 Å². The summed E-state index contributed by atoms with van der Waals surface area (Å²) in [7, 11) is 0. The van der Waals surface area contributed by atoms with Gasteiger partial charge in [-0.3, -0.25) is 0 Å². The summed E-state index contributed by atoms with van der Waals surface area (Å²) in [5, 5.41) is 0.